The normalized spacial score (nSPS) is 12.5. The van der Waals surface area contributed by atoms with Crippen LogP contribution in [0.15, 0.2) is 36.4 Å². The van der Waals surface area contributed by atoms with Gasteiger partial charge < -0.3 is 0 Å². The number of rotatable bonds is 3. The molecule has 0 saturated carbocycles. The Bertz CT molecular complexity index is 588. The predicted molar refractivity (Wildman–Crippen MR) is 84.4 cm³/mol. The summed E-state index contributed by atoms with van der Waals surface area (Å²) in [6, 6.07) is 12.5. The van der Waals surface area contributed by atoms with Gasteiger partial charge in [0.25, 0.3) is 0 Å². The summed E-state index contributed by atoms with van der Waals surface area (Å²) >= 11 is 12.8. The minimum atomic E-state index is -0.0893. The largest absolute Gasteiger partial charge is 0.117 e. The predicted octanol–water partition coefficient (Wildman–Crippen LogP) is 5.79. The highest BCUT2D eigenvalue weighted by atomic mass is 35.5. The van der Waals surface area contributed by atoms with Gasteiger partial charge in [-0.3, -0.25) is 0 Å². The van der Waals surface area contributed by atoms with Gasteiger partial charge in [-0.15, -0.1) is 11.6 Å². The number of halogens is 2. The molecule has 0 saturated heterocycles. The first kappa shape index (κ1) is 14.4. The van der Waals surface area contributed by atoms with Crippen LogP contribution in [0.4, 0.5) is 0 Å². The summed E-state index contributed by atoms with van der Waals surface area (Å²) in [5, 5.41) is 0.666. The highest BCUT2D eigenvalue weighted by molar-refractivity contribution is 6.32. The van der Waals surface area contributed by atoms with E-state index in [-0.39, 0.29) is 5.38 Å². The number of aryl methyl sites for hydroxylation is 3. The third-order valence-electron chi connectivity index (χ3n) is 3.40. The van der Waals surface area contributed by atoms with Gasteiger partial charge in [0.1, 0.15) is 0 Å². The highest BCUT2D eigenvalue weighted by Crippen LogP contribution is 2.32. The van der Waals surface area contributed by atoms with E-state index in [1.165, 1.54) is 16.7 Å². The Hall–Kier alpha value is -0.980. The first-order valence-corrected chi connectivity index (χ1v) is 7.25. The monoisotopic (exact) mass is 292 g/mol. The van der Waals surface area contributed by atoms with E-state index < -0.39 is 0 Å². The lowest BCUT2D eigenvalue weighted by Gasteiger charge is -2.14. The molecular formula is C17H18Cl2. The lowest BCUT2D eigenvalue weighted by molar-refractivity contribution is 0.908. The maximum Gasteiger partial charge on any atom is 0.0640 e. The summed E-state index contributed by atoms with van der Waals surface area (Å²) in [5.74, 6) is 0. The van der Waals surface area contributed by atoms with Gasteiger partial charge in [-0.1, -0.05) is 47.5 Å². The van der Waals surface area contributed by atoms with Crippen LogP contribution in [0.25, 0.3) is 0 Å². The van der Waals surface area contributed by atoms with E-state index >= 15 is 0 Å². The Morgan fingerprint density at radius 2 is 1.58 bits per heavy atom. The minimum absolute atomic E-state index is 0.0893. The highest BCUT2D eigenvalue weighted by Gasteiger charge is 2.14. The van der Waals surface area contributed by atoms with Gasteiger partial charge in [0.15, 0.2) is 0 Å². The van der Waals surface area contributed by atoms with E-state index in [1.807, 2.05) is 19.1 Å². The van der Waals surface area contributed by atoms with Crippen molar-refractivity contribution >= 4 is 23.2 Å². The molecule has 0 aromatic heterocycles. The van der Waals surface area contributed by atoms with Crippen LogP contribution < -0.4 is 0 Å². The summed E-state index contributed by atoms with van der Waals surface area (Å²) in [4.78, 5) is 0. The molecule has 2 aromatic rings. The lowest BCUT2D eigenvalue weighted by Crippen LogP contribution is -1.99. The molecule has 0 N–H and O–H groups in total. The number of hydrogen-bond acceptors (Lipinski definition) is 0. The average Bonchev–Trinajstić information content (AvgIpc) is 2.33. The van der Waals surface area contributed by atoms with Crippen LogP contribution in [0.2, 0.25) is 5.02 Å². The Balaban J connectivity index is 2.25. The zero-order valence-electron chi connectivity index (χ0n) is 11.5. The van der Waals surface area contributed by atoms with Crippen LogP contribution in [0.5, 0.6) is 0 Å². The van der Waals surface area contributed by atoms with Crippen molar-refractivity contribution in [1.82, 2.24) is 0 Å². The molecule has 2 aromatic carbocycles. The molecular weight excluding hydrogens is 275 g/mol. The third-order valence-corrected chi connectivity index (χ3v) is 4.11. The molecule has 100 valence electrons. The van der Waals surface area contributed by atoms with E-state index in [9.17, 15) is 0 Å². The van der Waals surface area contributed by atoms with Crippen LogP contribution >= 0.6 is 23.2 Å². The summed E-state index contributed by atoms with van der Waals surface area (Å²) in [6.07, 6.45) is 0.803. The van der Waals surface area contributed by atoms with Gasteiger partial charge in [-0.25, -0.2) is 0 Å². The van der Waals surface area contributed by atoms with E-state index in [0.29, 0.717) is 0 Å². The molecule has 0 fully saturated rings. The molecule has 2 rings (SSSR count). The van der Waals surface area contributed by atoms with Crippen molar-refractivity contribution in [2.24, 2.45) is 0 Å². The second-order valence-electron chi connectivity index (χ2n) is 5.13. The van der Waals surface area contributed by atoms with Gasteiger partial charge in [-0.05, 0) is 55.5 Å². The maximum absolute atomic E-state index is 6.54. The molecule has 0 aliphatic carbocycles. The molecule has 0 spiro atoms. The van der Waals surface area contributed by atoms with Crippen molar-refractivity contribution in [2.75, 3.05) is 0 Å². The van der Waals surface area contributed by atoms with Crippen molar-refractivity contribution in [2.45, 2.75) is 32.6 Å². The van der Waals surface area contributed by atoms with Crippen molar-refractivity contribution in [3.63, 3.8) is 0 Å². The number of alkyl halides is 1. The molecule has 1 atom stereocenters. The molecule has 0 bridgehead atoms. The summed E-state index contributed by atoms with van der Waals surface area (Å²) in [6.45, 7) is 6.25. The maximum atomic E-state index is 6.54. The van der Waals surface area contributed by atoms with Crippen LogP contribution in [0.1, 0.15) is 33.2 Å². The van der Waals surface area contributed by atoms with Crippen LogP contribution in [-0.4, -0.2) is 0 Å². The molecule has 1 unspecified atom stereocenters. The topological polar surface area (TPSA) is 0 Å². The van der Waals surface area contributed by atoms with Crippen molar-refractivity contribution in [1.29, 1.82) is 0 Å². The quantitative estimate of drug-likeness (QED) is 0.628. The van der Waals surface area contributed by atoms with Gasteiger partial charge in [0.05, 0.1) is 5.38 Å². The summed E-state index contributed by atoms with van der Waals surface area (Å²) in [5.41, 5.74) is 6.00. The molecule has 0 aliphatic rings. The lowest BCUT2D eigenvalue weighted by atomic mass is 9.98. The molecule has 0 radical (unpaired) electrons. The fraction of sp³-hybridized carbons (Fsp3) is 0.294. The molecule has 19 heavy (non-hydrogen) atoms. The van der Waals surface area contributed by atoms with Crippen molar-refractivity contribution in [3.8, 4) is 0 Å². The first-order chi connectivity index (χ1) is 8.97. The van der Waals surface area contributed by atoms with Gasteiger partial charge >= 0.3 is 0 Å². The molecule has 0 aliphatic heterocycles. The second kappa shape index (κ2) is 5.98. The zero-order chi connectivity index (χ0) is 14.0. The first-order valence-electron chi connectivity index (χ1n) is 6.43. The Kier molecular flexibility index (Phi) is 4.54. The smallest absolute Gasteiger partial charge is 0.0640 e. The Morgan fingerprint density at radius 3 is 2.26 bits per heavy atom. The van der Waals surface area contributed by atoms with Gasteiger partial charge in [0, 0.05) is 5.02 Å². The van der Waals surface area contributed by atoms with Crippen molar-refractivity contribution < 1.29 is 0 Å². The van der Waals surface area contributed by atoms with E-state index in [4.69, 9.17) is 23.2 Å². The zero-order valence-corrected chi connectivity index (χ0v) is 13.0. The van der Waals surface area contributed by atoms with Crippen molar-refractivity contribution in [3.05, 3.63) is 69.2 Å². The van der Waals surface area contributed by atoms with E-state index in [2.05, 4.69) is 38.1 Å². The third kappa shape index (κ3) is 3.52. The molecule has 0 nitrogen and oxygen atoms in total. The molecule has 0 heterocycles. The van der Waals surface area contributed by atoms with Gasteiger partial charge in [-0.2, -0.15) is 0 Å². The van der Waals surface area contributed by atoms with Crippen LogP contribution in [0, 0.1) is 20.8 Å². The molecule has 0 amide bonds. The Labute approximate surface area is 125 Å². The van der Waals surface area contributed by atoms with Crippen LogP contribution in [0.3, 0.4) is 0 Å². The SMILES string of the molecule is Cc1ccc(C(Cl)Cc2cc(C)ccc2C)c(Cl)c1. The van der Waals surface area contributed by atoms with E-state index in [0.717, 1.165) is 22.6 Å². The standard InChI is InChI=1S/C17H18Cl2/c1-11-4-6-13(3)14(8-11)10-17(19)15-7-5-12(2)9-16(15)18/h4-9,17H,10H2,1-3H3. The van der Waals surface area contributed by atoms with Gasteiger partial charge in [0.2, 0.25) is 0 Å². The number of benzene rings is 2. The Morgan fingerprint density at radius 1 is 0.947 bits per heavy atom. The minimum Gasteiger partial charge on any atom is -0.117 e. The van der Waals surface area contributed by atoms with E-state index in [1.54, 1.807) is 0 Å². The average molecular weight is 293 g/mol. The number of hydrogen-bond donors (Lipinski definition) is 0. The second-order valence-corrected chi connectivity index (χ2v) is 6.06. The fourth-order valence-electron chi connectivity index (χ4n) is 2.21. The van der Waals surface area contributed by atoms with Crippen LogP contribution in [-0.2, 0) is 6.42 Å². The fourth-order valence-corrected chi connectivity index (χ4v) is 2.99. The summed E-state index contributed by atoms with van der Waals surface area (Å²) < 4.78 is 0. The summed E-state index contributed by atoms with van der Waals surface area (Å²) in [7, 11) is 0. The molecule has 2 heteroatoms.